The highest BCUT2D eigenvalue weighted by Gasteiger charge is 2.07. The van der Waals surface area contributed by atoms with E-state index in [1.165, 1.54) is 0 Å². The van der Waals surface area contributed by atoms with Crippen LogP contribution in [0.3, 0.4) is 0 Å². The van der Waals surface area contributed by atoms with Crippen LogP contribution in [0, 0.1) is 0 Å². The molecule has 0 saturated heterocycles. The summed E-state index contributed by atoms with van der Waals surface area (Å²) in [6.45, 7) is 6.32. The van der Waals surface area contributed by atoms with Gasteiger partial charge in [-0.15, -0.1) is 0 Å². The summed E-state index contributed by atoms with van der Waals surface area (Å²) >= 11 is 0. The van der Waals surface area contributed by atoms with Crippen molar-refractivity contribution in [3.8, 4) is 0 Å². The first-order chi connectivity index (χ1) is 9.17. The molecule has 0 aliphatic rings. The van der Waals surface area contributed by atoms with Crippen molar-refractivity contribution in [1.82, 2.24) is 5.32 Å². The molecule has 0 amide bonds. The number of carbonyl (C=O) groups is 1. The molecule has 0 unspecified atom stereocenters. The summed E-state index contributed by atoms with van der Waals surface area (Å²) in [7, 11) is 0. The summed E-state index contributed by atoms with van der Waals surface area (Å²) in [6.07, 6.45) is -0.242. The zero-order valence-corrected chi connectivity index (χ0v) is 11.4. The minimum Gasteiger partial charge on any atom is -0.478 e. The van der Waals surface area contributed by atoms with E-state index in [-0.39, 0.29) is 6.29 Å². The van der Waals surface area contributed by atoms with Gasteiger partial charge in [0.2, 0.25) is 0 Å². The maximum absolute atomic E-state index is 10.7. The second-order valence-electron chi connectivity index (χ2n) is 3.97. The maximum atomic E-state index is 10.7. The number of hydrogen-bond acceptors (Lipinski definition) is 4. The Kier molecular flexibility index (Phi) is 7.10. The molecule has 106 valence electrons. The number of carboxylic acid groups (broad SMARTS) is 1. The molecule has 0 saturated carbocycles. The first kappa shape index (κ1) is 15.6. The summed E-state index contributed by atoms with van der Waals surface area (Å²) in [4.78, 5) is 10.7. The van der Waals surface area contributed by atoms with Crippen LogP contribution in [0.1, 0.15) is 29.8 Å². The Morgan fingerprint density at radius 2 is 1.79 bits per heavy atom. The van der Waals surface area contributed by atoms with Gasteiger partial charge >= 0.3 is 5.97 Å². The third kappa shape index (κ3) is 5.83. The lowest BCUT2D eigenvalue weighted by Crippen LogP contribution is -2.31. The summed E-state index contributed by atoms with van der Waals surface area (Å²) in [5.41, 5.74) is 1.32. The molecule has 0 aliphatic carbocycles. The van der Waals surface area contributed by atoms with Gasteiger partial charge < -0.3 is 19.9 Å². The molecule has 0 spiro atoms. The summed E-state index contributed by atoms with van der Waals surface area (Å²) in [6, 6.07) is 6.80. The molecule has 0 radical (unpaired) electrons. The minimum atomic E-state index is -0.910. The Morgan fingerprint density at radius 3 is 2.26 bits per heavy atom. The normalized spacial score (nSPS) is 10.9. The standard InChI is InChI=1S/C14H21NO4/c1-3-18-13(19-4-2)10-15-9-11-5-7-12(8-6-11)14(16)17/h5-8,13,15H,3-4,9-10H2,1-2H3,(H,16,17). The molecular formula is C14H21NO4. The number of benzene rings is 1. The number of carboxylic acids is 1. The lowest BCUT2D eigenvalue weighted by molar-refractivity contribution is -0.133. The van der Waals surface area contributed by atoms with Gasteiger partial charge in [0.15, 0.2) is 6.29 Å². The van der Waals surface area contributed by atoms with E-state index in [0.717, 1.165) is 5.56 Å². The van der Waals surface area contributed by atoms with Gasteiger partial charge in [-0.05, 0) is 31.5 Å². The quantitative estimate of drug-likeness (QED) is 0.669. The van der Waals surface area contributed by atoms with Crippen molar-refractivity contribution in [3.63, 3.8) is 0 Å². The number of aromatic carboxylic acids is 1. The fourth-order valence-electron chi connectivity index (χ4n) is 1.64. The van der Waals surface area contributed by atoms with Gasteiger partial charge in [0.05, 0.1) is 5.56 Å². The lowest BCUT2D eigenvalue weighted by Gasteiger charge is -2.17. The number of rotatable bonds is 9. The predicted molar refractivity (Wildman–Crippen MR) is 72.1 cm³/mol. The fraction of sp³-hybridized carbons (Fsp3) is 0.500. The molecule has 1 aromatic carbocycles. The first-order valence-corrected chi connectivity index (χ1v) is 6.43. The third-order valence-electron chi connectivity index (χ3n) is 2.55. The molecule has 0 aromatic heterocycles. The van der Waals surface area contributed by atoms with Gasteiger partial charge in [0, 0.05) is 26.3 Å². The summed E-state index contributed by atoms with van der Waals surface area (Å²) in [5, 5.41) is 12.0. The van der Waals surface area contributed by atoms with E-state index < -0.39 is 5.97 Å². The summed E-state index contributed by atoms with van der Waals surface area (Å²) < 4.78 is 10.8. The molecule has 0 bridgehead atoms. The lowest BCUT2D eigenvalue weighted by atomic mass is 10.1. The van der Waals surface area contributed by atoms with Gasteiger partial charge in [-0.2, -0.15) is 0 Å². The van der Waals surface area contributed by atoms with Crippen LogP contribution in [0.4, 0.5) is 0 Å². The van der Waals surface area contributed by atoms with Crippen molar-refractivity contribution >= 4 is 5.97 Å². The third-order valence-corrected chi connectivity index (χ3v) is 2.55. The van der Waals surface area contributed by atoms with Gasteiger partial charge in [-0.25, -0.2) is 4.79 Å². The minimum absolute atomic E-state index is 0.242. The van der Waals surface area contributed by atoms with E-state index >= 15 is 0 Å². The van der Waals surface area contributed by atoms with Gasteiger partial charge in [0.1, 0.15) is 0 Å². The Labute approximate surface area is 113 Å². The Balaban J connectivity index is 2.37. The highest BCUT2D eigenvalue weighted by atomic mass is 16.7. The SMILES string of the molecule is CCOC(CNCc1ccc(C(=O)O)cc1)OCC. The van der Waals surface area contributed by atoms with Crippen LogP contribution < -0.4 is 5.32 Å². The van der Waals surface area contributed by atoms with Crippen LogP contribution in [-0.4, -0.2) is 37.1 Å². The van der Waals surface area contributed by atoms with E-state index in [4.69, 9.17) is 14.6 Å². The fourth-order valence-corrected chi connectivity index (χ4v) is 1.64. The number of nitrogens with one attached hydrogen (secondary N) is 1. The van der Waals surface area contributed by atoms with Crippen LogP contribution in [0.2, 0.25) is 0 Å². The average molecular weight is 267 g/mol. The van der Waals surface area contributed by atoms with Crippen molar-refractivity contribution in [2.75, 3.05) is 19.8 Å². The molecule has 0 atom stereocenters. The average Bonchev–Trinajstić information content (AvgIpc) is 2.40. The van der Waals surface area contributed by atoms with Crippen molar-refractivity contribution in [3.05, 3.63) is 35.4 Å². The second kappa shape index (κ2) is 8.63. The topological polar surface area (TPSA) is 67.8 Å². The van der Waals surface area contributed by atoms with Gasteiger partial charge in [-0.1, -0.05) is 12.1 Å². The smallest absolute Gasteiger partial charge is 0.335 e. The van der Waals surface area contributed by atoms with Gasteiger partial charge in [0.25, 0.3) is 0 Å². The Morgan fingerprint density at radius 1 is 1.21 bits per heavy atom. The van der Waals surface area contributed by atoms with Crippen molar-refractivity contribution in [2.45, 2.75) is 26.7 Å². The van der Waals surface area contributed by atoms with Crippen molar-refractivity contribution < 1.29 is 19.4 Å². The molecule has 19 heavy (non-hydrogen) atoms. The van der Waals surface area contributed by atoms with Gasteiger partial charge in [-0.3, -0.25) is 0 Å². The van der Waals surface area contributed by atoms with E-state index in [0.29, 0.717) is 31.9 Å². The zero-order valence-electron chi connectivity index (χ0n) is 11.4. The largest absolute Gasteiger partial charge is 0.478 e. The second-order valence-corrected chi connectivity index (χ2v) is 3.97. The molecular weight excluding hydrogens is 246 g/mol. The molecule has 5 heteroatoms. The Hall–Kier alpha value is -1.43. The molecule has 2 N–H and O–H groups in total. The van der Waals surface area contributed by atoms with E-state index in [1.54, 1.807) is 24.3 Å². The van der Waals surface area contributed by atoms with Crippen LogP contribution in [0.5, 0.6) is 0 Å². The molecule has 0 aliphatic heterocycles. The van der Waals surface area contributed by atoms with Crippen LogP contribution in [-0.2, 0) is 16.0 Å². The number of hydrogen-bond donors (Lipinski definition) is 2. The number of ether oxygens (including phenoxy) is 2. The molecule has 1 aromatic rings. The molecule has 0 heterocycles. The van der Waals surface area contributed by atoms with E-state index in [2.05, 4.69) is 5.32 Å². The summed E-state index contributed by atoms with van der Waals surface area (Å²) in [5.74, 6) is -0.910. The zero-order chi connectivity index (χ0) is 14.1. The van der Waals surface area contributed by atoms with Crippen LogP contribution in [0.15, 0.2) is 24.3 Å². The van der Waals surface area contributed by atoms with Crippen LogP contribution >= 0.6 is 0 Å². The van der Waals surface area contributed by atoms with Crippen molar-refractivity contribution in [1.29, 1.82) is 0 Å². The highest BCUT2D eigenvalue weighted by Crippen LogP contribution is 2.04. The molecule has 1 rings (SSSR count). The Bertz CT molecular complexity index is 372. The maximum Gasteiger partial charge on any atom is 0.335 e. The molecule has 5 nitrogen and oxygen atoms in total. The first-order valence-electron chi connectivity index (χ1n) is 6.43. The predicted octanol–water partition coefficient (Wildman–Crippen LogP) is 1.87. The van der Waals surface area contributed by atoms with Crippen molar-refractivity contribution in [2.24, 2.45) is 0 Å². The monoisotopic (exact) mass is 267 g/mol. The van der Waals surface area contributed by atoms with E-state index in [9.17, 15) is 4.79 Å². The highest BCUT2D eigenvalue weighted by molar-refractivity contribution is 5.87. The van der Waals surface area contributed by atoms with E-state index in [1.807, 2.05) is 13.8 Å². The van der Waals surface area contributed by atoms with Crippen LogP contribution in [0.25, 0.3) is 0 Å². The molecule has 0 fully saturated rings.